The first kappa shape index (κ1) is 14.6. The molecule has 0 aliphatic heterocycles. The Labute approximate surface area is 131 Å². The Morgan fingerprint density at radius 2 is 1.90 bits per heavy atom. The lowest BCUT2D eigenvalue weighted by Gasteiger charge is -2.34. The van der Waals surface area contributed by atoms with Gasteiger partial charge < -0.3 is 5.32 Å². The Balaban J connectivity index is 1.69. The zero-order valence-corrected chi connectivity index (χ0v) is 13.9. The standard InChI is InChI=1S/C18H24N2S/c1-12-4-5-13(2)17(10-12)20-16-8-6-15(7-9-16)18-11-21-14(3)19-18/h6-9,11-13,17,20H,4-5,10H2,1-3H3. The molecule has 1 aliphatic carbocycles. The minimum Gasteiger partial charge on any atom is -0.382 e. The Morgan fingerprint density at radius 3 is 2.57 bits per heavy atom. The van der Waals surface area contributed by atoms with Gasteiger partial charge in [-0.3, -0.25) is 0 Å². The third-order valence-electron chi connectivity index (χ3n) is 4.61. The van der Waals surface area contributed by atoms with Crippen LogP contribution in [0.5, 0.6) is 0 Å². The summed E-state index contributed by atoms with van der Waals surface area (Å²) in [5.74, 6) is 1.61. The van der Waals surface area contributed by atoms with Gasteiger partial charge in [-0.05, 0) is 43.7 Å². The van der Waals surface area contributed by atoms with Crippen LogP contribution in [0.3, 0.4) is 0 Å². The number of nitrogens with zero attached hydrogens (tertiary/aromatic N) is 1. The summed E-state index contributed by atoms with van der Waals surface area (Å²) in [4.78, 5) is 4.55. The highest BCUT2D eigenvalue weighted by atomic mass is 32.1. The van der Waals surface area contributed by atoms with E-state index in [-0.39, 0.29) is 0 Å². The van der Waals surface area contributed by atoms with Crippen LogP contribution in [0, 0.1) is 18.8 Å². The Kier molecular flexibility index (Phi) is 4.29. The van der Waals surface area contributed by atoms with Crippen molar-refractivity contribution in [1.29, 1.82) is 0 Å². The van der Waals surface area contributed by atoms with E-state index >= 15 is 0 Å². The lowest BCUT2D eigenvalue weighted by Crippen LogP contribution is -2.33. The van der Waals surface area contributed by atoms with Crippen LogP contribution in [0.4, 0.5) is 5.69 Å². The number of rotatable bonds is 3. The van der Waals surface area contributed by atoms with E-state index in [0.29, 0.717) is 6.04 Å². The molecule has 1 N–H and O–H groups in total. The van der Waals surface area contributed by atoms with Crippen LogP contribution in [0.25, 0.3) is 11.3 Å². The monoisotopic (exact) mass is 300 g/mol. The first-order valence-electron chi connectivity index (χ1n) is 7.91. The normalized spacial score (nSPS) is 25.8. The molecule has 1 fully saturated rings. The minimum absolute atomic E-state index is 0.612. The van der Waals surface area contributed by atoms with E-state index in [1.165, 1.54) is 30.5 Å². The van der Waals surface area contributed by atoms with Gasteiger partial charge in [0.15, 0.2) is 0 Å². The summed E-state index contributed by atoms with van der Waals surface area (Å²) in [6.45, 7) is 6.79. The van der Waals surface area contributed by atoms with Crippen LogP contribution in [0.15, 0.2) is 29.6 Å². The lowest BCUT2D eigenvalue weighted by molar-refractivity contribution is 0.281. The van der Waals surface area contributed by atoms with Gasteiger partial charge in [0.2, 0.25) is 0 Å². The number of nitrogens with one attached hydrogen (secondary N) is 1. The van der Waals surface area contributed by atoms with Gasteiger partial charge in [-0.15, -0.1) is 11.3 Å². The van der Waals surface area contributed by atoms with E-state index in [0.717, 1.165) is 22.5 Å². The summed E-state index contributed by atoms with van der Waals surface area (Å²) in [6.07, 6.45) is 4.00. The molecule has 2 aromatic rings. The number of thiazole rings is 1. The van der Waals surface area contributed by atoms with Crippen LogP contribution >= 0.6 is 11.3 Å². The van der Waals surface area contributed by atoms with Gasteiger partial charge in [-0.2, -0.15) is 0 Å². The number of hydrogen-bond donors (Lipinski definition) is 1. The first-order valence-corrected chi connectivity index (χ1v) is 8.79. The Morgan fingerprint density at radius 1 is 1.14 bits per heavy atom. The van der Waals surface area contributed by atoms with Crippen molar-refractivity contribution in [2.75, 3.05) is 5.32 Å². The molecule has 1 aromatic carbocycles. The second kappa shape index (κ2) is 6.18. The van der Waals surface area contributed by atoms with Gasteiger partial charge in [0.25, 0.3) is 0 Å². The number of benzene rings is 1. The van der Waals surface area contributed by atoms with Crippen molar-refractivity contribution in [3.63, 3.8) is 0 Å². The van der Waals surface area contributed by atoms with E-state index in [9.17, 15) is 0 Å². The second-order valence-corrected chi connectivity index (χ2v) is 7.54. The topological polar surface area (TPSA) is 24.9 Å². The summed E-state index contributed by atoms with van der Waals surface area (Å²) in [6, 6.07) is 9.34. The van der Waals surface area contributed by atoms with Crippen molar-refractivity contribution in [1.82, 2.24) is 4.98 Å². The Hall–Kier alpha value is -1.35. The van der Waals surface area contributed by atoms with Gasteiger partial charge in [0, 0.05) is 22.7 Å². The molecule has 21 heavy (non-hydrogen) atoms. The lowest BCUT2D eigenvalue weighted by atomic mass is 9.80. The maximum atomic E-state index is 4.55. The third-order valence-corrected chi connectivity index (χ3v) is 5.38. The molecular formula is C18H24N2S. The van der Waals surface area contributed by atoms with Crippen LogP contribution in [-0.2, 0) is 0 Å². The maximum Gasteiger partial charge on any atom is 0.0901 e. The molecule has 2 nitrogen and oxygen atoms in total. The molecule has 3 rings (SSSR count). The van der Waals surface area contributed by atoms with Crippen molar-refractivity contribution < 1.29 is 0 Å². The number of hydrogen-bond acceptors (Lipinski definition) is 3. The minimum atomic E-state index is 0.612. The predicted molar refractivity (Wildman–Crippen MR) is 91.9 cm³/mol. The molecule has 3 heteroatoms. The van der Waals surface area contributed by atoms with Crippen molar-refractivity contribution in [2.45, 2.75) is 46.1 Å². The maximum absolute atomic E-state index is 4.55. The summed E-state index contributed by atoms with van der Waals surface area (Å²) in [7, 11) is 0. The van der Waals surface area contributed by atoms with Crippen molar-refractivity contribution in [3.05, 3.63) is 34.7 Å². The van der Waals surface area contributed by atoms with Gasteiger partial charge in [0.05, 0.1) is 10.7 Å². The molecule has 1 saturated carbocycles. The summed E-state index contributed by atoms with van der Waals surface area (Å²) < 4.78 is 0. The summed E-state index contributed by atoms with van der Waals surface area (Å²) in [5, 5.41) is 6.98. The molecule has 0 saturated heterocycles. The number of aryl methyl sites for hydroxylation is 1. The van der Waals surface area contributed by atoms with Gasteiger partial charge >= 0.3 is 0 Å². The molecule has 1 aliphatic rings. The molecule has 3 atom stereocenters. The van der Waals surface area contributed by atoms with Crippen LogP contribution in [-0.4, -0.2) is 11.0 Å². The third kappa shape index (κ3) is 3.46. The molecule has 1 heterocycles. The van der Waals surface area contributed by atoms with Crippen molar-refractivity contribution >= 4 is 17.0 Å². The molecule has 0 radical (unpaired) electrons. The zero-order chi connectivity index (χ0) is 14.8. The fourth-order valence-electron chi connectivity index (χ4n) is 3.18. The first-order chi connectivity index (χ1) is 10.1. The fraction of sp³-hybridized carbons (Fsp3) is 0.500. The van der Waals surface area contributed by atoms with Gasteiger partial charge in [-0.25, -0.2) is 4.98 Å². The molecule has 0 amide bonds. The van der Waals surface area contributed by atoms with Crippen LogP contribution < -0.4 is 5.32 Å². The predicted octanol–water partition coefficient (Wildman–Crippen LogP) is 5.36. The average Bonchev–Trinajstić information content (AvgIpc) is 2.90. The van der Waals surface area contributed by atoms with E-state index in [1.54, 1.807) is 11.3 Å². The SMILES string of the molecule is Cc1nc(-c2ccc(NC3CC(C)CCC3C)cc2)cs1. The van der Waals surface area contributed by atoms with Crippen LogP contribution in [0.1, 0.15) is 38.1 Å². The molecule has 112 valence electrons. The van der Waals surface area contributed by atoms with Gasteiger partial charge in [0.1, 0.15) is 0 Å². The molecular weight excluding hydrogens is 276 g/mol. The molecule has 0 bridgehead atoms. The largest absolute Gasteiger partial charge is 0.382 e. The van der Waals surface area contributed by atoms with E-state index in [2.05, 4.69) is 60.7 Å². The molecule has 3 unspecified atom stereocenters. The average molecular weight is 300 g/mol. The second-order valence-electron chi connectivity index (χ2n) is 6.48. The van der Waals surface area contributed by atoms with E-state index in [1.807, 2.05) is 0 Å². The molecule has 1 aromatic heterocycles. The highest BCUT2D eigenvalue weighted by Gasteiger charge is 2.25. The van der Waals surface area contributed by atoms with Crippen LogP contribution in [0.2, 0.25) is 0 Å². The van der Waals surface area contributed by atoms with E-state index < -0.39 is 0 Å². The smallest absolute Gasteiger partial charge is 0.0901 e. The van der Waals surface area contributed by atoms with Crippen molar-refractivity contribution in [2.24, 2.45) is 11.8 Å². The fourth-order valence-corrected chi connectivity index (χ4v) is 3.80. The highest BCUT2D eigenvalue weighted by molar-refractivity contribution is 7.09. The van der Waals surface area contributed by atoms with E-state index in [4.69, 9.17) is 0 Å². The quantitative estimate of drug-likeness (QED) is 0.826. The summed E-state index contributed by atoms with van der Waals surface area (Å²) in [5.41, 5.74) is 3.52. The number of anilines is 1. The van der Waals surface area contributed by atoms with Gasteiger partial charge in [-0.1, -0.05) is 32.4 Å². The summed E-state index contributed by atoms with van der Waals surface area (Å²) >= 11 is 1.71. The number of aromatic nitrogens is 1. The van der Waals surface area contributed by atoms with Crippen molar-refractivity contribution in [3.8, 4) is 11.3 Å². The Bertz CT molecular complexity index is 588. The molecule has 0 spiro atoms. The zero-order valence-electron chi connectivity index (χ0n) is 13.1. The highest BCUT2D eigenvalue weighted by Crippen LogP contribution is 2.31.